The second-order valence-electron chi connectivity index (χ2n) is 7.08. The van der Waals surface area contributed by atoms with Crippen molar-refractivity contribution in [2.75, 3.05) is 39.6 Å². The summed E-state index contributed by atoms with van der Waals surface area (Å²) in [5.41, 5.74) is 2.21. The maximum atomic E-state index is 13.1. The van der Waals surface area contributed by atoms with Crippen molar-refractivity contribution in [2.45, 2.75) is 19.1 Å². The van der Waals surface area contributed by atoms with Crippen molar-refractivity contribution >= 4 is 5.91 Å². The van der Waals surface area contributed by atoms with Crippen LogP contribution in [0.3, 0.4) is 0 Å². The third kappa shape index (κ3) is 3.15. The minimum atomic E-state index is -0.295. The van der Waals surface area contributed by atoms with Crippen LogP contribution >= 0.6 is 0 Å². The number of rotatable bonds is 3. The summed E-state index contributed by atoms with van der Waals surface area (Å²) in [4.78, 5) is 17.3. The number of nitrogens with zero attached hydrogens (tertiary/aromatic N) is 4. The summed E-state index contributed by atoms with van der Waals surface area (Å²) in [6.07, 6.45) is 1.78. The van der Waals surface area contributed by atoms with Gasteiger partial charge in [-0.25, -0.2) is 0 Å². The molecule has 5 rings (SSSR count). The number of morpholine rings is 1. The largest absolute Gasteiger partial charge is 0.454 e. The number of ether oxygens (including phenoxy) is 3. The second-order valence-corrected chi connectivity index (χ2v) is 7.08. The van der Waals surface area contributed by atoms with Gasteiger partial charge in [0.25, 0.3) is 0 Å². The molecule has 1 unspecified atom stereocenters. The quantitative estimate of drug-likeness (QED) is 0.804. The van der Waals surface area contributed by atoms with Crippen molar-refractivity contribution in [3.05, 3.63) is 41.7 Å². The molecule has 1 amide bonds. The van der Waals surface area contributed by atoms with E-state index >= 15 is 0 Å². The zero-order valence-electron chi connectivity index (χ0n) is 15.0. The standard InChI is InChI=1S/C19H22N4O4/c24-19(22-5-7-25-8-6-22)16-12-21(11-15-3-4-20-23(15)16)10-14-1-2-17-18(9-14)27-13-26-17/h1-4,9,16H,5-8,10-13H2. The molecule has 0 saturated carbocycles. The third-order valence-electron chi connectivity index (χ3n) is 5.32. The van der Waals surface area contributed by atoms with Gasteiger partial charge in [0.2, 0.25) is 12.7 Å². The van der Waals surface area contributed by atoms with Gasteiger partial charge >= 0.3 is 0 Å². The van der Waals surface area contributed by atoms with Crippen LogP contribution in [0.2, 0.25) is 0 Å². The number of aromatic nitrogens is 2. The van der Waals surface area contributed by atoms with Crippen molar-refractivity contribution in [1.29, 1.82) is 0 Å². The highest BCUT2D eigenvalue weighted by Crippen LogP contribution is 2.33. The van der Waals surface area contributed by atoms with E-state index in [1.165, 1.54) is 0 Å². The third-order valence-corrected chi connectivity index (χ3v) is 5.32. The Morgan fingerprint density at radius 3 is 2.89 bits per heavy atom. The lowest BCUT2D eigenvalue weighted by Crippen LogP contribution is -2.49. The second kappa shape index (κ2) is 6.86. The molecule has 0 bridgehead atoms. The predicted molar refractivity (Wildman–Crippen MR) is 95.3 cm³/mol. The highest BCUT2D eigenvalue weighted by Gasteiger charge is 2.34. The molecule has 1 saturated heterocycles. The smallest absolute Gasteiger partial charge is 0.248 e. The van der Waals surface area contributed by atoms with Crippen molar-refractivity contribution < 1.29 is 19.0 Å². The Balaban J connectivity index is 1.35. The van der Waals surface area contributed by atoms with Crippen LogP contribution in [-0.2, 0) is 22.6 Å². The van der Waals surface area contributed by atoms with Gasteiger partial charge in [0.15, 0.2) is 11.5 Å². The molecule has 2 aromatic rings. The average molecular weight is 370 g/mol. The zero-order chi connectivity index (χ0) is 18.2. The molecule has 8 nitrogen and oxygen atoms in total. The number of hydrogen-bond donors (Lipinski definition) is 0. The van der Waals surface area contributed by atoms with Crippen molar-refractivity contribution in [1.82, 2.24) is 19.6 Å². The average Bonchev–Trinajstić information content (AvgIpc) is 3.36. The number of carbonyl (C=O) groups excluding carboxylic acids is 1. The number of hydrogen-bond acceptors (Lipinski definition) is 6. The van der Waals surface area contributed by atoms with Crippen LogP contribution < -0.4 is 9.47 Å². The van der Waals surface area contributed by atoms with Crippen molar-refractivity contribution in [3.8, 4) is 11.5 Å². The van der Waals surface area contributed by atoms with E-state index in [4.69, 9.17) is 14.2 Å². The lowest BCUT2D eigenvalue weighted by Gasteiger charge is -2.36. The molecule has 0 radical (unpaired) electrons. The van der Waals surface area contributed by atoms with Gasteiger partial charge in [-0.05, 0) is 23.8 Å². The van der Waals surface area contributed by atoms with Gasteiger partial charge in [-0.3, -0.25) is 14.4 Å². The normalized spacial score (nSPS) is 21.9. The molecule has 0 N–H and O–H groups in total. The van der Waals surface area contributed by atoms with Crippen LogP contribution in [0, 0.1) is 0 Å². The van der Waals surface area contributed by atoms with Crippen LogP contribution in [0.25, 0.3) is 0 Å². The summed E-state index contributed by atoms with van der Waals surface area (Å²) in [6.45, 7) is 4.92. The van der Waals surface area contributed by atoms with Gasteiger partial charge in [0, 0.05) is 38.9 Å². The fourth-order valence-corrected chi connectivity index (χ4v) is 3.96. The minimum Gasteiger partial charge on any atom is -0.454 e. The Hall–Kier alpha value is -2.58. The fourth-order valence-electron chi connectivity index (χ4n) is 3.96. The Labute approximate surface area is 157 Å². The van der Waals surface area contributed by atoms with Gasteiger partial charge in [-0.1, -0.05) is 6.07 Å². The summed E-state index contributed by atoms with van der Waals surface area (Å²) < 4.78 is 18.1. The molecular weight excluding hydrogens is 348 g/mol. The number of fused-ring (bicyclic) bond motifs is 2. The van der Waals surface area contributed by atoms with Crippen LogP contribution in [0.15, 0.2) is 30.5 Å². The highest BCUT2D eigenvalue weighted by molar-refractivity contribution is 5.81. The van der Waals surface area contributed by atoms with Gasteiger partial charge in [-0.2, -0.15) is 5.10 Å². The molecule has 1 atom stereocenters. The molecule has 142 valence electrons. The summed E-state index contributed by atoms with van der Waals surface area (Å²) in [5.74, 6) is 1.70. The monoisotopic (exact) mass is 370 g/mol. The number of amides is 1. The molecule has 1 fully saturated rings. The first-order valence-corrected chi connectivity index (χ1v) is 9.28. The summed E-state index contributed by atoms with van der Waals surface area (Å²) in [7, 11) is 0. The Bertz CT molecular complexity index is 846. The van der Waals surface area contributed by atoms with E-state index in [2.05, 4.69) is 16.1 Å². The Morgan fingerprint density at radius 1 is 1.15 bits per heavy atom. The molecule has 1 aromatic carbocycles. The lowest BCUT2D eigenvalue weighted by atomic mass is 10.1. The molecular formula is C19H22N4O4. The van der Waals surface area contributed by atoms with E-state index in [0.717, 1.165) is 35.8 Å². The van der Waals surface area contributed by atoms with E-state index < -0.39 is 0 Å². The van der Waals surface area contributed by atoms with Gasteiger partial charge in [0.05, 0.1) is 18.9 Å². The first-order chi connectivity index (χ1) is 13.3. The maximum Gasteiger partial charge on any atom is 0.248 e. The fraction of sp³-hybridized carbons (Fsp3) is 0.474. The van der Waals surface area contributed by atoms with Crippen LogP contribution in [0.5, 0.6) is 11.5 Å². The summed E-state index contributed by atoms with van der Waals surface area (Å²) >= 11 is 0. The molecule has 1 aromatic heterocycles. The van der Waals surface area contributed by atoms with E-state index in [1.54, 1.807) is 6.20 Å². The first-order valence-electron chi connectivity index (χ1n) is 9.28. The number of benzene rings is 1. The van der Waals surface area contributed by atoms with E-state index in [0.29, 0.717) is 32.8 Å². The molecule has 3 aliphatic rings. The van der Waals surface area contributed by atoms with E-state index in [1.807, 2.05) is 27.8 Å². The highest BCUT2D eigenvalue weighted by atomic mass is 16.7. The molecule has 4 heterocycles. The number of carbonyl (C=O) groups is 1. The molecule has 3 aliphatic heterocycles. The molecule has 0 aliphatic carbocycles. The SMILES string of the molecule is O=C(C1CN(Cc2ccc3c(c2)OCO3)Cc2ccnn21)N1CCOCC1. The van der Waals surface area contributed by atoms with Gasteiger partial charge < -0.3 is 19.1 Å². The van der Waals surface area contributed by atoms with Crippen molar-refractivity contribution in [2.24, 2.45) is 0 Å². The summed E-state index contributed by atoms with van der Waals surface area (Å²) in [6, 6.07) is 7.72. The minimum absolute atomic E-state index is 0.124. The first kappa shape index (κ1) is 16.6. The zero-order valence-corrected chi connectivity index (χ0v) is 15.0. The Kier molecular flexibility index (Phi) is 4.21. The summed E-state index contributed by atoms with van der Waals surface area (Å²) in [5, 5.41) is 4.42. The van der Waals surface area contributed by atoms with Crippen LogP contribution in [-0.4, -0.2) is 65.1 Å². The molecule has 27 heavy (non-hydrogen) atoms. The predicted octanol–water partition coefficient (Wildman–Crippen LogP) is 1.03. The lowest BCUT2D eigenvalue weighted by molar-refractivity contribution is -0.140. The topological polar surface area (TPSA) is 69.1 Å². The van der Waals surface area contributed by atoms with E-state index in [-0.39, 0.29) is 18.7 Å². The molecule has 0 spiro atoms. The molecule has 8 heteroatoms. The van der Waals surface area contributed by atoms with Gasteiger partial charge in [0.1, 0.15) is 6.04 Å². The van der Waals surface area contributed by atoms with Crippen molar-refractivity contribution in [3.63, 3.8) is 0 Å². The Morgan fingerprint density at radius 2 is 2.00 bits per heavy atom. The van der Waals surface area contributed by atoms with Crippen LogP contribution in [0.4, 0.5) is 0 Å². The van der Waals surface area contributed by atoms with Crippen LogP contribution in [0.1, 0.15) is 17.3 Å². The maximum absolute atomic E-state index is 13.1. The van der Waals surface area contributed by atoms with E-state index in [9.17, 15) is 4.79 Å². The van der Waals surface area contributed by atoms with Gasteiger partial charge in [-0.15, -0.1) is 0 Å².